The fraction of sp³-hybridized carbons (Fsp3) is 0. The van der Waals surface area contributed by atoms with E-state index in [1.807, 2.05) is 0 Å². The predicted octanol–water partition coefficient (Wildman–Crippen LogP) is 1.04. The Labute approximate surface area is 55.8 Å². The first-order chi connectivity index (χ1) is 1.73. The first kappa shape index (κ1) is 9.65. The smallest absolute Gasteiger partial charge is 0.225 e. The van der Waals surface area contributed by atoms with E-state index in [2.05, 4.69) is 21.4 Å². The molecule has 0 bridgehead atoms. The molecule has 0 fully saturated rings. The summed E-state index contributed by atoms with van der Waals surface area (Å²) in [7, 11) is 7.36. The number of hydrogen-bond donors (Lipinski definition) is 0. The van der Waals surface area contributed by atoms with Gasteiger partial charge in [0, 0.05) is 21.4 Å². The molecule has 0 aromatic rings. The normalized spacial score (nSPS) is 7.00. The Morgan fingerprint density at radius 3 is 1.40 bits per heavy atom. The molecule has 0 amide bonds. The van der Waals surface area contributed by atoms with Crippen LogP contribution in [0.4, 0.5) is 0 Å². The fourth-order valence-corrected chi connectivity index (χ4v) is 0. The quantitative estimate of drug-likeness (QED) is 0.611. The molecule has 0 atom stereocenters. The zero-order valence-corrected chi connectivity index (χ0v) is 6.49. The first-order valence-corrected chi connectivity index (χ1v) is 3.28. The molecule has 0 heterocycles. The molecule has 0 radical (unpaired) electrons. The van der Waals surface area contributed by atoms with Crippen molar-refractivity contribution in [1.29, 1.82) is 0 Å². The van der Waals surface area contributed by atoms with Gasteiger partial charge in [-0.1, -0.05) is 0 Å². The second-order valence-electron chi connectivity index (χ2n) is 0.184. The molecule has 5 heavy (non-hydrogen) atoms. The summed E-state index contributed by atoms with van der Waals surface area (Å²) in [6.45, 7) is 0. The Bertz CT molecular complexity index is 32.6. The van der Waals surface area contributed by atoms with Gasteiger partial charge in [-0.2, -0.15) is 0 Å². The van der Waals surface area contributed by atoms with Crippen molar-refractivity contribution in [2.45, 2.75) is 0 Å². The van der Waals surface area contributed by atoms with Crippen LogP contribution in [0.2, 0.25) is 0 Å². The summed E-state index contributed by atoms with van der Waals surface area (Å²) in [5.74, 6) is 0. The Morgan fingerprint density at radius 1 is 1.40 bits per heavy atom. The van der Waals surface area contributed by atoms with Gasteiger partial charge in [-0.3, -0.25) is 0 Å². The topological polar surface area (TPSA) is 17.1 Å². The minimum absolute atomic E-state index is 0. The molecule has 1 nitrogen and oxygen atoms in total. The Morgan fingerprint density at radius 2 is 1.40 bits per heavy atom. The van der Waals surface area contributed by atoms with E-state index in [1.54, 1.807) is 0 Å². The van der Waals surface area contributed by atoms with Gasteiger partial charge in [-0.25, -0.2) is 4.21 Å². The largest absolute Gasteiger partial charge is 2.00 e. The van der Waals surface area contributed by atoms with Crippen LogP contribution < -0.4 is 0 Å². The minimum atomic E-state index is -1.67. The molecule has 0 aliphatic carbocycles. The molecular weight excluding hydrogens is 314 g/mol. The van der Waals surface area contributed by atoms with Gasteiger partial charge in [0.1, 0.15) is 0 Å². The summed E-state index contributed by atoms with van der Waals surface area (Å²) >= 11 is 0. The third-order valence-electron chi connectivity index (χ3n) is 0. The Kier molecular flexibility index (Phi) is 10.5. The van der Waals surface area contributed by atoms with Crippen LogP contribution in [0, 0.1) is 0 Å². The van der Waals surface area contributed by atoms with Crippen LogP contribution in [0.3, 0.4) is 0 Å². The molecule has 0 aromatic carbocycles. The molecule has 34 valence electrons. The van der Waals surface area contributed by atoms with E-state index in [4.69, 9.17) is 4.21 Å². The third-order valence-corrected chi connectivity index (χ3v) is 0. The van der Waals surface area contributed by atoms with Crippen molar-refractivity contribution in [3.8, 4) is 0 Å². The van der Waals surface area contributed by atoms with Gasteiger partial charge in [0.2, 0.25) is 9.23 Å². The zero-order chi connectivity index (χ0) is 3.58. The van der Waals surface area contributed by atoms with Gasteiger partial charge < -0.3 is 0 Å². The van der Waals surface area contributed by atoms with Crippen LogP contribution in [-0.4, -0.2) is 4.21 Å². The average Bonchev–Trinajstić information content (AvgIpc) is 0.811. The SMILES string of the molecule is O=S(Cl)Cl.[Pt+2]. The van der Waals surface area contributed by atoms with Gasteiger partial charge in [-0.15, -0.1) is 0 Å². The van der Waals surface area contributed by atoms with Gasteiger partial charge in [0.15, 0.2) is 0 Å². The maximum atomic E-state index is 9.09. The van der Waals surface area contributed by atoms with E-state index in [9.17, 15) is 0 Å². The molecule has 5 heteroatoms. The maximum absolute atomic E-state index is 9.09. The Hall–Kier alpha value is 1.42. The molecule has 0 spiro atoms. The van der Waals surface area contributed by atoms with Crippen LogP contribution in [-0.2, 0) is 30.3 Å². The van der Waals surface area contributed by atoms with Crippen molar-refractivity contribution in [2.75, 3.05) is 0 Å². The molecule has 0 aliphatic rings. The van der Waals surface area contributed by atoms with Crippen LogP contribution in [0.25, 0.3) is 0 Å². The second kappa shape index (κ2) is 5.42. The van der Waals surface area contributed by atoms with E-state index >= 15 is 0 Å². The summed E-state index contributed by atoms with van der Waals surface area (Å²) < 4.78 is 9.09. The zero-order valence-electron chi connectivity index (χ0n) is 1.89. The number of hydrogen-bond acceptors (Lipinski definition) is 1. The van der Waals surface area contributed by atoms with Crippen molar-refractivity contribution >= 4 is 30.6 Å². The number of halogens is 2. The van der Waals surface area contributed by atoms with Gasteiger partial charge in [0.25, 0.3) is 0 Å². The summed E-state index contributed by atoms with van der Waals surface area (Å²) in [5, 5.41) is 0. The van der Waals surface area contributed by atoms with Gasteiger partial charge in [0.05, 0.1) is 0 Å². The molecule has 0 aromatic heterocycles. The van der Waals surface area contributed by atoms with Crippen molar-refractivity contribution in [3.05, 3.63) is 0 Å². The molecule has 0 saturated carbocycles. The minimum Gasteiger partial charge on any atom is -0.225 e. The van der Waals surface area contributed by atoms with Gasteiger partial charge in [-0.05, 0) is 0 Å². The molecule has 0 aliphatic heterocycles. The number of rotatable bonds is 0. The molecular formula is Cl2OPtS+2. The van der Waals surface area contributed by atoms with Crippen molar-refractivity contribution in [3.63, 3.8) is 0 Å². The summed E-state index contributed by atoms with van der Waals surface area (Å²) in [6, 6.07) is 0. The summed E-state index contributed by atoms with van der Waals surface area (Å²) in [4.78, 5) is 0. The predicted molar refractivity (Wildman–Crippen MR) is 19.8 cm³/mol. The second-order valence-corrected chi connectivity index (χ2v) is 2.71. The van der Waals surface area contributed by atoms with E-state index in [-0.39, 0.29) is 21.1 Å². The van der Waals surface area contributed by atoms with Crippen LogP contribution in [0.15, 0.2) is 0 Å². The fourth-order valence-electron chi connectivity index (χ4n) is 0. The maximum Gasteiger partial charge on any atom is 2.00 e. The monoisotopic (exact) mass is 313 g/mol. The standard InChI is InChI=1S/Cl2OS.Pt/c1-4(2)3;/q;+2. The van der Waals surface area contributed by atoms with Crippen LogP contribution >= 0.6 is 21.4 Å². The summed E-state index contributed by atoms with van der Waals surface area (Å²) in [6.07, 6.45) is 0. The summed E-state index contributed by atoms with van der Waals surface area (Å²) in [5.41, 5.74) is 0. The molecule has 0 saturated heterocycles. The van der Waals surface area contributed by atoms with Crippen molar-refractivity contribution in [2.24, 2.45) is 0 Å². The van der Waals surface area contributed by atoms with E-state index < -0.39 is 9.23 Å². The third kappa shape index (κ3) is 31.5. The van der Waals surface area contributed by atoms with Crippen molar-refractivity contribution in [1.82, 2.24) is 0 Å². The van der Waals surface area contributed by atoms with Gasteiger partial charge >= 0.3 is 21.1 Å². The van der Waals surface area contributed by atoms with E-state index in [1.165, 1.54) is 0 Å². The Balaban J connectivity index is 0. The van der Waals surface area contributed by atoms with Crippen molar-refractivity contribution < 1.29 is 25.3 Å². The first-order valence-electron chi connectivity index (χ1n) is 0.475. The average molecular weight is 314 g/mol. The van der Waals surface area contributed by atoms with Crippen LogP contribution in [0.1, 0.15) is 0 Å². The molecule has 0 rings (SSSR count). The molecule has 0 N–H and O–H groups in total. The van der Waals surface area contributed by atoms with E-state index in [0.717, 1.165) is 0 Å². The molecule has 0 unspecified atom stereocenters. The van der Waals surface area contributed by atoms with Crippen LogP contribution in [0.5, 0.6) is 0 Å². The van der Waals surface area contributed by atoms with E-state index in [0.29, 0.717) is 0 Å².